The molecule has 1 fully saturated rings. The molecule has 0 heterocycles. The molecule has 0 saturated heterocycles. The first-order valence-electron chi connectivity index (χ1n) is 9.04. The Morgan fingerprint density at radius 1 is 1.11 bits per heavy atom. The first-order chi connectivity index (χ1) is 13.0. The number of benzene rings is 2. The number of methoxy groups -OCH3 is 1. The van der Waals surface area contributed by atoms with E-state index in [-0.39, 0.29) is 24.1 Å². The Balaban J connectivity index is 1.78. The number of hydrogen-bond acceptors (Lipinski definition) is 3. The van der Waals surface area contributed by atoms with E-state index in [9.17, 15) is 13.6 Å². The summed E-state index contributed by atoms with van der Waals surface area (Å²) in [6.45, 7) is 0.593. The van der Waals surface area contributed by atoms with Crippen LogP contribution in [0.15, 0.2) is 42.5 Å². The van der Waals surface area contributed by atoms with Gasteiger partial charge in [-0.3, -0.25) is 4.79 Å². The van der Waals surface area contributed by atoms with Crippen molar-refractivity contribution in [3.8, 4) is 5.75 Å². The highest BCUT2D eigenvalue weighted by molar-refractivity contribution is 5.99. The average molecular weight is 375 g/mol. The number of nitrogens with one attached hydrogen (secondary N) is 1. The average Bonchev–Trinajstić information content (AvgIpc) is 3.15. The summed E-state index contributed by atoms with van der Waals surface area (Å²) in [6, 6.07) is 10.5. The van der Waals surface area contributed by atoms with Crippen molar-refractivity contribution in [2.75, 3.05) is 25.6 Å². The minimum Gasteiger partial charge on any atom is -0.488 e. The van der Waals surface area contributed by atoms with Gasteiger partial charge >= 0.3 is 0 Å². The van der Waals surface area contributed by atoms with Crippen LogP contribution in [-0.2, 0) is 14.9 Å². The number of anilines is 1. The molecule has 6 heteroatoms. The second-order valence-electron chi connectivity index (χ2n) is 6.74. The topological polar surface area (TPSA) is 47.6 Å². The van der Waals surface area contributed by atoms with E-state index in [1.54, 1.807) is 18.2 Å². The number of carbonyl (C=O) groups excluding carboxylic acids is 1. The Labute approximate surface area is 157 Å². The lowest BCUT2D eigenvalue weighted by Gasteiger charge is -2.28. The van der Waals surface area contributed by atoms with E-state index in [1.807, 2.05) is 0 Å². The molecule has 0 aromatic heterocycles. The Morgan fingerprint density at radius 3 is 2.56 bits per heavy atom. The third-order valence-corrected chi connectivity index (χ3v) is 5.00. The summed E-state index contributed by atoms with van der Waals surface area (Å²) in [4.78, 5) is 13.1. The molecule has 1 aliphatic carbocycles. The van der Waals surface area contributed by atoms with Crippen molar-refractivity contribution >= 4 is 11.6 Å². The fourth-order valence-electron chi connectivity index (χ4n) is 3.59. The van der Waals surface area contributed by atoms with Gasteiger partial charge in [0.05, 0.1) is 12.0 Å². The number of ether oxygens (including phenoxy) is 2. The first kappa shape index (κ1) is 19.3. The lowest BCUT2D eigenvalue weighted by Crippen LogP contribution is -2.38. The molecular weight excluding hydrogens is 352 g/mol. The summed E-state index contributed by atoms with van der Waals surface area (Å²) in [7, 11) is 1.54. The van der Waals surface area contributed by atoms with Gasteiger partial charge in [-0.25, -0.2) is 8.78 Å². The van der Waals surface area contributed by atoms with Crippen molar-refractivity contribution < 1.29 is 23.0 Å². The highest BCUT2D eigenvalue weighted by atomic mass is 19.1. The van der Waals surface area contributed by atoms with Crippen LogP contribution in [0.3, 0.4) is 0 Å². The maximum Gasteiger partial charge on any atom is 0.235 e. The molecule has 1 aliphatic rings. The van der Waals surface area contributed by atoms with Gasteiger partial charge in [-0.1, -0.05) is 25.0 Å². The maximum atomic E-state index is 14.2. The van der Waals surface area contributed by atoms with E-state index in [1.165, 1.54) is 31.4 Å². The molecule has 0 radical (unpaired) electrons. The van der Waals surface area contributed by atoms with Crippen LogP contribution in [0, 0.1) is 11.6 Å². The van der Waals surface area contributed by atoms with Crippen LogP contribution in [-0.4, -0.2) is 26.2 Å². The molecule has 4 nitrogen and oxygen atoms in total. The molecule has 3 rings (SSSR count). The Hall–Kier alpha value is -2.47. The molecular formula is C21H23F2NO3. The second kappa shape index (κ2) is 8.48. The highest BCUT2D eigenvalue weighted by Crippen LogP contribution is 2.42. The van der Waals surface area contributed by atoms with Gasteiger partial charge in [0.15, 0.2) is 11.6 Å². The van der Waals surface area contributed by atoms with Crippen molar-refractivity contribution in [2.24, 2.45) is 0 Å². The molecule has 2 aromatic carbocycles. The number of halogens is 2. The van der Waals surface area contributed by atoms with E-state index in [2.05, 4.69) is 5.32 Å². The minimum atomic E-state index is -0.786. The Bertz CT molecular complexity index is 804. The van der Waals surface area contributed by atoms with Crippen molar-refractivity contribution in [3.05, 3.63) is 59.7 Å². The number of hydrogen-bond donors (Lipinski definition) is 1. The van der Waals surface area contributed by atoms with Crippen LogP contribution in [0.5, 0.6) is 5.75 Å². The monoisotopic (exact) mass is 375 g/mol. The molecule has 0 spiro atoms. The normalized spacial score (nSPS) is 15.5. The lowest BCUT2D eigenvalue weighted by atomic mass is 9.78. The molecule has 0 bridgehead atoms. The summed E-state index contributed by atoms with van der Waals surface area (Å²) in [5.74, 6) is -1.06. The predicted molar refractivity (Wildman–Crippen MR) is 98.9 cm³/mol. The molecule has 144 valence electrons. The summed E-state index contributed by atoms with van der Waals surface area (Å²) < 4.78 is 38.1. The zero-order chi connectivity index (χ0) is 19.3. The van der Waals surface area contributed by atoms with Gasteiger partial charge in [-0.15, -0.1) is 0 Å². The maximum absolute atomic E-state index is 14.2. The number of carbonyl (C=O) groups is 1. The smallest absolute Gasteiger partial charge is 0.235 e. The van der Waals surface area contributed by atoms with Crippen molar-refractivity contribution in [2.45, 2.75) is 31.1 Å². The van der Waals surface area contributed by atoms with Crippen LogP contribution < -0.4 is 10.1 Å². The summed E-state index contributed by atoms with van der Waals surface area (Å²) in [5, 5.41) is 2.80. The first-order valence-corrected chi connectivity index (χ1v) is 9.04. The van der Waals surface area contributed by atoms with Crippen molar-refractivity contribution in [1.82, 2.24) is 0 Å². The number of rotatable bonds is 7. The molecule has 1 saturated carbocycles. The molecule has 0 unspecified atom stereocenters. The van der Waals surface area contributed by atoms with E-state index in [0.717, 1.165) is 12.8 Å². The second-order valence-corrected chi connectivity index (χ2v) is 6.74. The molecule has 2 aromatic rings. The van der Waals surface area contributed by atoms with Gasteiger partial charge in [-0.05, 0) is 42.7 Å². The fourth-order valence-corrected chi connectivity index (χ4v) is 3.59. The van der Waals surface area contributed by atoms with Gasteiger partial charge in [0.2, 0.25) is 5.91 Å². The number of amides is 1. The molecule has 1 N–H and O–H groups in total. The van der Waals surface area contributed by atoms with E-state index in [4.69, 9.17) is 9.47 Å². The van der Waals surface area contributed by atoms with Crippen LogP contribution in [0.25, 0.3) is 0 Å². The predicted octanol–water partition coefficient (Wildman–Crippen LogP) is 4.44. The molecule has 0 atom stereocenters. The summed E-state index contributed by atoms with van der Waals surface area (Å²) in [5.41, 5.74) is 0.225. The van der Waals surface area contributed by atoms with Crippen LogP contribution >= 0.6 is 0 Å². The van der Waals surface area contributed by atoms with Gasteiger partial charge in [0.25, 0.3) is 0 Å². The minimum absolute atomic E-state index is 0.103. The van der Waals surface area contributed by atoms with E-state index >= 15 is 0 Å². The van der Waals surface area contributed by atoms with Crippen molar-refractivity contribution in [1.29, 1.82) is 0 Å². The fraction of sp³-hybridized carbons (Fsp3) is 0.381. The van der Waals surface area contributed by atoms with Crippen LogP contribution in [0.1, 0.15) is 31.2 Å². The van der Waals surface area contributed by atoms with Gasteiger partial charge in [-0.2, -0.15) is 0 Å². The van der Waals surface area contributed by atoms with Crippen LogP contribution in [0.2, 0.25) is 0 Å². The largest absolute Gasteiger partial charge is 0.488 e. The quantitative estimate of drug-likeness (QED) is 0.728. The molecule has 0 aliphatic heterocycles. The third kappa shape index (κ3) is 4.27. The zero-order valence-electron chi connectivity index (χ0n) is 15.3. The molecule has 27 heavy (non-hydrogen) atoms. The highest BCUT2D eigenvalue weighted by Gasteiger charge is 2.42. The van der Waals surface area contributed by atoms with E-state index in [0.29, 0.717) is 30.7 Å². The Morgan fingerprint density at radius 2 is 1.89 bits per heavy atom. The summed E-state index contributed by atoms with van der Waals surface area (Å²) in [6.07, 6.45) is 3.07. The lowest BCUT2D eigenvalue weighted by molar-refractivity contribution is -0.121. The third-order valence-electron chi connectivity index (χ3n) is 5.00. The summed E-state index contributed by atoms with van der Waals surface area (Å²) >= 11 is 0. The SMILES string of the molecule is COCCOc1ccc(NC(=O)C2(c3cccc(F)c3)CCCC2)cc1F. The standard InChI is InChI=1S/C21H23F2NO3/c1-26-11-12-27-19-8-7-17(14-18(19)23)24-20(25)21(9-2-3-10-21)15-5-4-6-16(22)13-15/h4-8,13-14H,2-3,9-12H2,1H3,(H,24,25). The van der Waals surface area contributed by atoms with E-state index < -0.39 is 11.2 Å². The van der Waals surface area contributed by atoms with Gasteiger partial charge < -0.3 is 14.8 Å². The molecule has 1 amide bonds. The zero-order valence-corrected chi connectivity index (χ0v) is 15.3. The van der Waals surface area contributed by atoms with Gasteiger partial charge in [0, 0.05) is 18.9 Å². The Kier molecular flexibility index (Phi) is 6.06. The van der Waals surface area contributed by atoms with Crippen molar-refractivity contribution in [3.63, 3.8) is 0 Å². The van der Waals surface area contributed by atoms with Crippen LogP contribution in [0.4, 0.5) is 14.5 Å². The van der Waals surface area contributed by atoms with Gasteiger partial charge in [0.1, 0.15) is 12.4 Å².